The third kappa shape index (κ3) is 3.54. The third-order valence-electron chi connectivity index (χ3n) is 4.68. The van der Waals surface area contributed by atoms with Crippen LogP contribution < -0.4 is 5.32 Å². The highest BCUT2D eigenvalue weighted by Crippen LogP contribution is 2.31. The minimum Gasteiger partial charge on any atom is -0.313 e. The molecule has 26 heavy (non-hydrogen) atoms. The van der Waals surface area contributed by atoms with Crippen LogP contribution in [0.3, 0.4) is 0 Å². The SMILES string of the molecule is Cc1nn(CC(C)C)c(C)c1S(=O)(=O)N1CCNCC1c1cccnc1. The highest BCUT2D eigenvalue weighted by Gasteiger charge is 2.37. The quantitative estimate of drug-likeness (QED) is 0.861. The molecule has 2 aromatic rings. The van der Waals surface area contributed by atoms with Crippen molar-refractivity contribution in [2.75, 3.05) is 19.6 Å². The minimum atomic E-state index is -3.65. The molecule has 1 atom stereocenters. The zero-order valence-electron chi connectivity index (χ0n) is 15.8. The summed E-state index contributed by atoms with van der Waals surface area (Å²) in [5.41, 5.74) is 2.17. The van der Waals surface area contributed by atoms with Gasteiger partial charge in [0.15, 0.2) is 0 Å². The molecule has 0 bridgehead atoms. The predicted molar refractivity (Wildman–Crippen MR) is 100 cm³/mol. The Labute approximate surface area is 155 Å². The summed E-state index contributed by atoms with van der Waals surface area (Å²) in [5.74, 6) is 0.394. The van der Waals surface area contributed by atoms with Crippen LogP contribution in [0.1, 0.15) is 36.8 Å². The van der Waals surface area contributed by atoms with Gasteiger partial charge in [-0.25, -0.2) is 8.42 Å². The Hall–Kier alpha value is -1.77. The number of rotatable bonds is 5. The molecule has 1 fully saturated rings. The molecule has 1 saturated heterocycles. The van der Waals surface area contributed by atoms with Gasteiger partial charge in [-0.2, -0.15) is 9.40 Å². The maximum atomic E-state index is 13.5. The maximum Gasteiger partial charge on any atom is 0.247 e. The molecule has 8 heteroatoms. The molecule has 3 heterocycles. The number of nitrogens with zero attached hydrogens (tertiary/aromatic N) is 4. The van der Waals surface area contributed by atoms with Crippen LogP contribution >= 0.6 is 0 Å². The first-order valence-corrected chi connectivity index (χ1v) is 10.4. The number of nitrogens with one attached hydrogen (secondary N) is 1. The second-order valence-electron chi connectivity index (χ2n) is 7.20. The normalized spacial score (nSPS) is 19.2. The van der Waals surface area contributed by atoms with Gasteiger partial charge in [-0.05, 0) is 31.4 Å². The Balaban J connectivity index is 2.02. The number of sulfonamides is 1. The average molecular weight is 378 g/mol. The number of hydrogen-bond acceptors (Lipinski definition) is 5. The smallest absolute Gasteiger partial charge is 0.247 e. The molecule has 1 unspecified atom stereocenters. The van der Waals surface area contributed by atoms with E-state index >= 15 is 0 Å². The van der Waals surface area contributed by atoms with E-state index in [1.165, 1.54) is 0 Å². The number of aryl methyl sites for hydroxylation is 1. The topological polar surface area (TPSA) is 80.1 Å². The van der Waals surface area contributed by atoms with Crippen LogP contribution in [0.25, 0.3) is 0 Å². The molecular weight excluding hydrogens is 350 g/mol. The van der Waals surface area contributed by atoms with Crippen LogP contribution in [0.2, 0.25) is 0 Å². The van der Waals surface area contributed by atoms with Gasteiger partial charge in [-0.15, -0.1) is 0 Å². The van der Waals surface area contributed by atoms with E-state index in [4.69, 9.17) is 0 Å². The van der Waals surface area contributed by atoms with E-state index in [1.807, 2.05) is 23.7 Å². The Bertz CT molecular complexity index is 861. The van der Waals surface area contributed by atoms with Gasteiger partial charge in [0, 0.05) is 38.6 Å². The predicted octanol–water partition coefficient (Wildman–Crippen LogP) is 1.89. The molecule has 1 aliphatic heterocycles. The first-order valence-electron chi connectivity index (χ1n) is 8.99. The standard InChI is InChI=1S/C18H27N5O2S/c1-13(2)12-22-15(4)18(14(3)21-22)26(24,25)23-9-8-20-11-17(23)16-6-5-7-19-10-16/h5-7,10,13,17,20H,8-9,11-12H2,1-4H3. The van der Waals surface area contributed by atoms with E-state index in [0.717, 1.165) is 5.56 Å². The molecule has 0 spiro atoms. The zero-order chi connectivity index (χ0) is 18.9. The van der Waals surface area contributed by atoms with Crippen LogP contribution in [-0.4, -0.2) is 47.1 Å². The van der Waals surface area contributed by atoms with Crippen LogP contribution in [-0.2, 0) is 16.6 Å². The molecule has 0 aliphatic carbocycles. The monoisotopic (exact) mass is 377 g/mol. The summed E-state index contributed by atoms with van der Waals surface area (Å²) < 4.78 is 30.5. The van der Waals surface area contributed by atoms with Gasteiger partial charge in [-0.3, -0.25) is 9.67 Å². The fourth-order valence-corrected chi connectivity index (χ4v) is 5.52. The van der Waals surface area contributed by atoms with Gasteiger partial charge in [0.1, 0.15) is 4.90 Å². The van der Waals surface area contributed by atoms with Crippen molar-refractivity contribution in [2.24, 2.45) is 5.92 Å². The van der Waals surface area contributed by atoms with Gasteiger partial charge in [0.2, 0.25) is 10.0 Å². The van der Waals surface area contributed by atoms with Crippen molar-refractivity contribution in [1.82, 2.24) is 24.4 Å². The number of hydrogen-bond donors (Lipinski definition) is 1. The van der Waals surface area contributed by atoms with Crippen molar-refractivity contribution in [2.45, 2.75) is 45.2 Å². The molecule has 1 aliphatic rings. The van der Waals surface area contributed by atoms with E-state index < -0.39 is 10.0 Å². The summed E-state index contributed by atoms with van der Waals surface area (Å²) in [7, 11) is -3.65. The summed E-state index contributed by atoms with van der Waals surface area (Å²) in [6, 6.07) is 3.50. The van der Waals surface area contributed by atoms with Crippen molar-refractivity contribution < 1.29 is 8.42 Å². The maximum absolute atomic E-state index is 13.5. The molecule has 7 nitrogen and oxygen atoms in total. The fraction of sp³-hybridized carbons (Fsp3) is 0.556. The lowest BCUT2D eigenvalue weighted by Crippen LogP contribution is -2.48. The summed E-state index contributed by atoms with van der Waals surface area (Å²) in [6.07, 6.45) is 3.44. The Morgan fingerprint density at radius 1 is 1.35 bits per heavy atom. The lowest BCUT2D eigenvalue weighted by atomic mass is 10.1. The number of aromatic nitrogens is 3. The van der Waals surface area contributed by atoms with Crippen molar-refractivity contribution in [1.29, 1.82) is 0 Å². The summed E-state index contributed by atoms with van der Waals surface area (Å²) in [5, 5.41) is 7.78. The van der Waals surface area contributed by atoms with Gasteiger partial charge in [0.25, 0.3) is 0 Å². The number of piperazine rings is 1. The van der Waals surface area contributed by atoms with Crippen molar-refractivity contribution in [3.8, 4) is 0 Å². The van der Waals surface area contributed by atoms with Crippen molar-refractivity contribution in [3.63, 3.8) is 0 Å². The van der Waals surface area contributed by atoms with Crippen LogP contribution in [0.4, 0.5) is 0 Å². The second kappa shape index (κ2) is 7.46. The second-order valence-corrected chi connectivity index (χ2v) is 9.03. The summed E-state index contributed by atoms with van der Waals surface area (Å²) in [4.78, 5) is 4.50. The van der Waals surface area contributed by atoms with E-state index in [9.17, 15) is 8.42 Å². The van der Waals surface area contributed by atoms with Gasteiger partial charge in [-0.1, -0.05) is 19.9 Å². The molecule has 142 valence electrons. The molecule has 1 N–H and O–H groups in total. The van der Waals surface area contributed by atoms with E-state index in [1.54, 1.807) is 23.6 Å². The highest BCUT2D eigenvalue weighted by molar-refractivity contribution is 7.89. The lowest BCUT2D eigenvalue weighted by Gasteiger charge is -2.35. The third-order valence-corrected chi connectivity index (χ3v) is 6.84. The van der Waals surface area contributed by atoms with Gasteiger partial charge < -0.3 is 5.32 Å². The Morgan fingerprint density at radius 3 is 2.77 bits per heavy atom. The van der Waals surface area contributed by atoms with E-state index in [0.29, 0.717) is 48.4 Å². The average Bonchev–Trinajstić information content (AvgIpc) is 2.89. The van der Waals surface area contributed by atoms with E-state index in [2.05, 4.69) is 29.2 Å². The molecule has 0 aromatic carbocycles. The fourth-order valence-electron chi connectivity index (χ4n) is 3.53. The van der Waals surface area contributed by atoms with Crippen LogP contribution in [0, 0.1) is 19.8 Å². The minimum absolute atomic E-state index is 0.269. The molecular formula is C18H27N5O2S. The molecule has 0 radical (unpaired) electrons. The highest BCUT2D eigenvalue weighted by atomic mass is 32.2. The molecule has 0 amide bonds. The first kappa shape index (κ1) is 19.0. The van der Waals surface area contributed by atoms with Crippen molar-refractivity contribution >= 4 is 10.0 Å². The first-order chi connectivity index (χ1) is 12.3. The zero-order valence-corrected chi connectivity index (χ0v) is 16.6. The molecule has 3 rings (SSSR count). The Kier molecular flexibility index (Phi) is 5.45. The largest absolute Gasteiger partial charge is 0.313 e. The molecule has 0 saturated carbocycles. The summed E-state index contributed by atoms with van der Waals surface area (Å²) >= 11 is 0. The van der Waals surface area contributed by atoms with Gasteiger partial charge >= 0.3 is 0 Å². The van der Waals surface area contributed by atoms with Crippen molar-refractivity contribution in [3.05, 3.63) is 41.5 Å². The van der Waals surface area contributed by atoms with E-state index in [-0.39, 0.29) is 6.04 Å². The van der Waals surface area contributed by atoms with Gasteiger partial charge in [0.05, 0.1) is 17.4 Å². The van der Waals surface area contributed by atoms with Crippen LogP contribution in [0.15, 0.2) is 29.4 Å². The lowest BCUT2D eigenvalue weighted by molar-refractivity contribution is 0.271. The molecule has 2 aromatic heterocycles. The Morgan fingerprint density at radius 2 is 2.12 bits per heavy atom. The summed E-state index contributed by atoms with van der Waals surface area (Å²) in [6.45, 7) is 10.1. The van der Waals surface area contributed by atoms with Crippen LogP contribution in [0.5, 0.6) is 0 Å². The number of pyridine rings is 1.